The molecule has 0 aromatic heterocycles. The molecule has 0 bridgehead atoms. The molecule has 2 aromatic rings. The molecule has 0 aliphatic rings. The summed E-state index contributed by atoms with van der Waals surface area (Å²) in [6, 6.07) is 10.6. The van der Waals surface area contributed by atoms with Gasteiger partial charge in [0.2, 0.25) is 0 Å². The van der Waals surface area contributed by atoms with Crippen LogP contribution in [0.25, 0.3) is 11.1 Å². The van der Waals surface area contributed by atoms with Gasteiger partial charge in [-0.25, -0.2) is 8.78 Å². The molecule has 0 radical (unpaired) electrons. The van der Waals surface area contributed by atoms with Crippen LogP contribution in [0.1, 0.15) is 0 Å². The zero-order valence-electron chi connectivity index (χ0n) is 8.71. The Labute approximate surface area is 92.3 Å². The first kappa shape index (κ1) is 10.6. The molecule has 0 aliphatic heterocycles. The first-order valence-corrected chi connectivity index (χ1v) is 4.81. The van der Waals surface area contributed by atoms with Gasteiger partial charge in [0.15, 0.2) is 11.6 Å². The van der Waals surface area contributed by atoms with Crippen LogP contribution in [-0.4, -0.2) is 7.11 Å². The zero-order chi connectivity index (χ0) is 11.5. The van der Waals surface area contributed by atoms with E-state index in [1.54, 1.807) is 24.3 Å². The van der Waals surface area contributed by atoms with Crippen LogP contribution in [0.5, 0.6) is 5.75 Å². The Kier molecular flexibility index (Phi) is 2.86. The molecule has 2 rings (SSSR count). The van der Waals surface area contributed by atoms with Gasteiger partial charge >= 0.3 is 0 Å². The molecule has 1 nitrogen and oxygen atoms in total. The van der Waals surface area contributed by atoms with E-state index in [1.807, 2.05) is 0 Å². The summed E-state index contributed by atoms with van der Waals surface area (Å²) in [5.74, 6) is -0.711. The average Bonchev–Trinajstić information content (AvgIpc) is 2.29. The van der Waals surface area contributed by atoms with Crippen LogP contribution in [0.3, 0.4) is 0 Å². The number of methoxy groups -OCH3 is 1. The maximum absolute atomic E-state index is 13.8. The van der Waals surface area contributed by atoms with Crippen molar-refractivity contribution in [2.45, 2.75) is 0 Å². The standard InChI is InChI=1S/C13H10F2O/c1-16-12-7-3-6-11(13(12)15)9-4-2-5-10(14)8-9/h2-8H,1H3. The molecule has 0 aliphatic carbocycles. The third-order valence-corrected chi connectivity index (χ3v) is 2.32. The Morgan fingerprint density at radius 2 is 1.75 bits per heavy atom. The van der Waals surface area contributed by atoms with Crippen LogP contribution >= 0.6 is 0 Å². The normalized spacial score (nSPS) is 10.2. The SMILES string of the molecule is COc1cccc(-c2cccc(F)c2)c1F. The largest absolute Gasteiger partial charge is 0.494 e. The lowest BCUT2D eigenvalue weighted by molar-refractivity contribution is 0.387. The van der Waals surface area contributed by atoms with Crippen LogP contribution in [0.15, 0.2) is 42.5 Å². The second-order valence-electron chi connectivity index (χ2n) is 3.33. The Bertz CT molecular complexity index is 509. The Morgan fingerprint density at radius 1 is 1.00 bits per heavy atom. The summed E-state index contributed by atoms with van der Waals surface area (Å²) >= 11 is 0. The first-order valence-electron chi connectivity index (χ1n) is 4.81. The van der Waals surface area contributed by atoms with Crippen molar-refractivity contribution in [3.8, 4) is 16.9 Å². The van der Waals surface area contributed by atoms with Gasteiger partial charge in [-0.3, -0.25) is 0 Å². The summed E-state index contributed by atoms with van der Waals surface area (Å²) < 4.78 is 31.7. The van der Waals surface area contributed by atoms with E-state index in [-0.39, 0.29) is 11.6 Å². The highest BCUT2D eigenvalue weighted by Gasteiger charge is 2.10. The minimum absolute atomic E-state index is 0.154. The quantitative estimate of drug-likeness (QED) is 0.750. The molecule has 0 fully saturated rings. The maximum atomic E-state index is 13.8. The van der Waals surface area contributed by atoms with Crippen molar-refractivity contribution in [2.24, 2.45) is 0 Å². The number of rotatable bonds is 2. The van der Waals surface area contributed by atoms with Crippen molar-refractivity contribution in [2.75, 3.05) is 7.11 Å². The van der Waals surface area contributed by atoms with Crippen molar-refractivity contribution in [3.63, 3.8) is 0 Å². The third-order valence-electron chi connectivity index (χ3n) is 2.32. The van der Waals surface area contributed by atoms with E-state index in [1.165, 1.54) is 25.3 Å². The average molecular weight is 220 g/mol. The van der Waals surface area contributed by atoms with Gasteiger partial charge in [0.05, 0.1) is 7.11 Å². The highest BCUT2D eigenvalue weighted by molar-refractivity contribution is 5.66. The molecule has 0 saturated carbocycles. The molecule has 0 N–H and O–H groups in total. The molecule has 0 saturated heterocycles. The highest BCUT2D eigenvalue weighted by Crippen LogP contribution is 2.28. The van der Waals surface area contributed by atoms with Gasteiger partial charge in [-0.05, 0) is 23.8 Å². The predicted octanol–water partition coefficient (Wildman–Crippen LogP) is 3.64. The molecule has 2 aromatic carbocycles. The zero-order valence-corrected chi connectivity index (χ0v) is 8.71. The second-order valence-corrected chi connectivity index (χ2v) is 3.33. The van der Waals surface area contributed by atoms with Crippen molar-refractivity contribution in [3.05, 3.63) is 54.1 Å². The van der Waals surface area contributed by atoms with E-state index < -0.39 is 5.82 Å². The Morgan fingerprint density at radius 3 is 2.44 bits per heavy atom. The fourth-order valence-electron chi connectivity index (χ4n) is 1.55. The fourth-order valence-corrected chi connectivity index (χ4v) is 1.55. The fraction of sp³-hybridized carbons (Fsp3) is 0.0769. The van der Waals surface area contributed by atoms with E-state index >= 15 is 0 Å². The van der Waals surface area contributed by atoms with Crippen molar-refractivity contribution >= 4 is 0 Å². The first-order chi connectivity index (χ1) is 7.72. The molecule has 0 atom stereocenters. The number of hydrogen-bond acceptors (Lipinski definition) is 1. The number of hydrogen-bond donors (Lipinski definition) is 0. The van der Waals surface area contributed by atoms with Gasteiger partial charge in [0.1, 0.15) is 5.82 Å². The van der Waals surface area contributed by atoms with E-state index in [2.05, 4.69) is 0 Å². The summed E-state index contributed by atoms with van der Waals surface area (Å²) in [5.41, 5.74) is 0.829. The maximum Gasteiger partial charge on any atom is 0.172 e. The summed E-state index contributed by atoms with van der Waals surface area (Å²) in [4.78, 5) is 0. The number of benzene rings is 2. The van der Waals surface area contributed by atoms with Crippen LogP contribution in [-0.2, 0) is 0 Å². The number of halogens is 2. The third kappa shape index (κ3) is 1.89. The predicted molar refractivity (Wildman–Crippen MR) is 58.3 cm³/mol. The van der Waals surface area contributed by atoms with Crippen LogP contribution in [0.4, 0.5) is 8.78 Å². The molecular weight excluding hydrogens is 210 g/mol. The lowest BCUT2D eigenvalue weighted by Crippen LogP contribution is -1.91. The van der Waals surface area contributed by atoms with E-state index in [0.29, 0.717) is 11.1 Å². The number of ether oxygens (including phenoxy) is 1. The van der Waals surface area contributed by atoms with E-state index in [0.717, 1.165) is 0 Å². The molecule has 0 heterocycles. The molecule has 0 spiro atoms. The van der Waals surface area contributed by atoms with Crippen LogP contribution < -0.4 is 4.74 Å². The monoisotopic (exact) mass is 220 g/mol. The van der Waals surface area contributed by atoms with Crippen LogP contribution in [0, 0.1) is 11.6 Å². The Balaban J connectivity index is 2.56. The van der Waals surface area contributed by atoms with E-state index in [4.69, 9.17) is 4.74 Å². The molecule has 0 unspecified atom stereocenters. The molecule has 3 heteroatoms. The van der Waals surface area contributed by atoms with E-state index in [9.17, 15) is 8.78 Å². The summed E-state index contributed by atoms with van der Waals surface area (Å²) in [7, 11) is 1.40. The van der Waals surface area contributed by atoms with Gasteiger partial charge < -0.3 is 4.74 Å². The van der Waals surface area contributed by atoms with Gasteiger partial charge in [-0.2, -0.15) is 0 Å². The lowest BCUT2D eigenvalue weighted by atomic mass is 10.0. The highest BCUT2D eigenvalue weighted by atomic mass is 19.1. The molecular formula is C13H10F2O. The summed E-state index contributed by atoms with van der Waals surface area (Å²) in [5, 5.41) is 0. The van der Waals surface area contributed by atoms with Gasteiger partial charge in [0.25, 0.3) is 0 Å². The lowest BCUT2D eigenvalue weighted by Gasteiger charge is -2.07. The minimum Gasteiger partial charge on any atom is -0.494 e. The minimum atomic E-state index is -0.476. The molecule has 0 amide bonds. The molecule has 16 heavy (non-hydrogen) atoms. The smallest absolute Gasteiger partial charge is 0.172 e. The second kappa shape index (κ2) is 4.31. The summed E-state index contributed by atoms with van der Waals surface area (Å²) in [6.45, 7) is 0. The summed E-state index contributed by atoms with van der Waals surface area (Å²) in [6.07, 6.45) is 0. The van der Waals surface area contributed by atoms with Gasteiger partial charge in [-0.1, -0.05) is 24.3 Å². The van der Waals surface area contributed by atoms with Gasteiger partial charge in [-0.15, -0.1) is 0 Å². The topological polar surface area (TPSA) is 9.23 Å². The molecule has 82 valence electrons. The van der Waals surface area contributed by atoms with Crippen molar-refractivity contribution in [1.29, 1.82) is 0 Å². The Hall–Kier alpha value is -1.90. The van der Waals surface area contributed by atoms with Gasteiger partial charge in [0, 0.05) is 5.56 Å². The van der Waals surface area contributed by atoms with Crippen LogP contribution in [0.2, 0.25) is 0 Å². The van der Waals surface area contributed by atoms with Crippen molar-refractivity contribution in [1.82, 2.24) is 0 Å². The van der Waals surface area contributed by atoms with Crippen molar-refractivity contribution < 1.29 is 13.5 Å².